The third-order valence-electron chi connectivity index (χ3n) is 4.07. The second kappa shape index (κ2) is 9.81. The molecule has 0 spiro atoms. The van der Waals surface area contributed by atoms with Gasteiger partial charge in [0.05, 0.1) is 19.1 Å². The Hall–Kier alpha value is -1.98. The number of carbonyl (C=O) groups is 1. The van der Waals surface area contributed by atoms with Crippen molar-refractivity contribution in [1.82, 2.24) is 5.32 Å². The predicted molar refractivity (Wildman–Crippen MR) is 111 cm³/mol. The first-order valence-electron chi connectivity index (χ1n) is 9.15. The fourth-order valence-electron chi connectivity index (χ4n) is 2.74. The SMILES string of the molecule is COc1ccc(CC(C)(O)CNC(=O)Cc2ccc(SC(C)C)cc2)cc1. The molecule has 0 aliphatic heterocycles. The Kier molecular flexibility index (Phi) is 7.75. The van der Waals surface area contributed by atoms with E-state index in [0.717, 1.165) is 16.9 Å². The van der Waals surface area contributed by atoms with Gasteiger partial charge in [-0.1, -0.05) is 38.1 Å². The first kappa shape index (κ1) is 21.3. The van der Waals surface area contributed by atoms with E-state index in [1.807, 2.05) is 48.5 Å². The fraction of sp³-hybridized carbons (Fsp3) is 0.409. The van der Waals surface area contributed by atoms with Crippen LogP contribution in [0.5, 0.6) is 5.75 Å². The standard InChI is InChI=1S/C22H29NO3S/c1-16(2)27-20-11-7-17(8-12-20)13-21(24)23-15-22(3,25)14-18-5-9-19(26-4)10-6-18/h5-12,16,25H,13-15H2,1-4H3,(H,23,24). The van der Waals surface area contributed by atoms with Gasteiger partial charge in [0.15, 0.2) is 0 Å². The third kappa shape index (κ3) is 7.65. The van der Waals surface area contributed by atoms with Gasteiger partial charge in [-0.15, -0.1) is 11.8 Å². The Morgan fingerprint density at radius 3 is 2.26 bits per heavy atom. The molecule has 0 aromatic heterocycles. The molecule has 5 heteroatoms. The van der Waals surface area contributed by atoms with Crippen molar-refractivity contribution in [3.05, 3.63) is 59.7 Å². The van der Waals surface area contributed by atoms with E-state index < -0.39 is 5.60 Å². The molecule has 1 amide bonds. The van der Waals surface area contributed by atoms with Crippen molar-refractivity contribution in [3.8, 4) is 5.75 Å². The molecule has 0 aliphatic carbocycles. The van der Waals surface area contributed by atoms with Crippen molar-refractivity contribution in [3.63, 3.8) is 0 Å². The topological polar surface area (TPSA) is 58.6 Å². The van der Waals surface area contributed by atoms with Crippen LogP contribution in [0.25, 0.3) is 0 Å². The van der Waals surface area contributed by atoms with Crippen LogP contribution in [0.1, 0.15) is 31.9 Å². The second-order valence-corrected chi connectivity index (χ2v) is 8.94. The van der Waals surface area contributed by atoms with E-state index in [2.05, 4.69) is 19.2 Å². The van der Waals surface area contributed by atoms with E-state index >= 15 is 0 Å². The average molecular weight is 388 g/mol. The van der Waals surface area contributed by atoms with Crippen LogP contribution in [0.3, 0.4) is 0 Å². The Labute approximate surface area is 166 Å². The van der Waals surface area contributed by atoms with Crippen molar-refractivity contribution in [2.45, 2.75) is 49.4 Å². The molecular weight excluding hydrogens is 358 g/mol. The molecule has 0 saturated heterocycles. The first-order chi connectivity index (χ1) is 12.8. The lowest BCUT2D eigenvalue weighted by Gasteiger charge is -2.24. The smallest absolute Gasteiger partial charge is 0.224 e. The van der Waals surface area contributed by atoms with E-state index in [9.17, 15) is 9.90 Å². The van der Waals surface area contributed by atoms with E-state index in [0.29, 0.717) is 18.1 Å². The van der Waals surface area contributed by atoms with E-state index in [1.54, 1.807) is 25.8 Å². The molecule has 0 aliphatic rings. The molecule has 4 nitrogen and oxygen atoms in total. The third-order valence-corrected chi connectivity index (χ3v) is 5.09. The van der Waals surface area contributed by atoms with E-state index in [1.165, 1.54) is 4.90 Å². The van der Waals surface area contributed by atoms with Gasteiger partial charge in [-0.25, -0.2) is 0 Å². The summed E-state index contributed by atoms with van der Waals surface area (Å²) in [6.07, 6.45) is 0.767. The van der Waals surface area contributed by atoms with Crippen molar-refractivity contribution >= 4 is 17.7 Å². The molecule has 1 unspecified atom stereocenters. The van der Waals surface area contributed by atoms with Gasteiger partial charge in [0.1, 0.15) is 5.75 Å². The lowest BCUT2D eigenvalue weighted by molar-refractivity contribution is -0.121. The number of nitrogens with one attached hydrogen (secondary N) is 1. The number of benzene rings is 2. The molecule has 2 N–H and O–H groups in total. The number of methoxy groups -OCH3 is 1. The Morgan fingerprint density at radius 1 is 1.11 bits per heavy atom. The van der Waals surface area contributed by atoms with Crippen LogP contribution in [-0.4, -0.2) is 35.5 Å². The maximum atomic E-state index is 12.2. The molecule has 1 atom stereocenters. The molecule has 0 bridgehead atoms. The summed E-state index contributed by atoms with van der Waals surface area (Å²) < 4.78 is 5.14. The highest BCUT2D eigenvalue weighted by Gasteiger charge is 2.22. The van der Waals surface area contributed by atoms with Crippen molar-refractivity contribution in [2.75, 3.05) is 13.7 Å². The highest BCUT2D eigenvalue weighted by Crippen LogP contribution is 2.23. The summed E-state index contributed by atoms with van der Waals surface area (Å²) in [4.78, 5) is 13.4. The summed E-state index contributed by atoms with van der Waals surface area (Å²) >= 11 is 1.80. The lowest BCUT2D eigenvalue weighted by Crippen LogP contribution is -2.42. The number of thioether (sulfide) groups is 1. The van der Waals surface area contributed by atoms with Gasteiger partial charge >= 0.3 is 0 Å². The molecule has 0 fully saturated rings. The molecule has 2 aromatic rings. The van der Waals surface area contributed by atoms with Crippen LogP contribution in [0.15, 0.2) is 53.4 Å². The van der Waals surface area contributed by atoms with Crippen LogP contribution >= 0.6 is 11.8 Å². The summed E-state index contributed by atoms with van der Waals surface area (Å²) in [5, 5.41) is 14.0. The Morgan fingerprint density at radius 2 is 1.70 bits per heavy atom. The van der Waals surface area contributed by atoms with Crippen LogP contribution < -0.4 is 10.1 Å². The van der Waals surface area contributed by atoms with Crippen LogP contribution in [0.4, 0.5) is 0 Å². The fourth-order valence-corrected chi connectivity index (χ4v) is 3.58. The zero-order valence-corrected chi connectivity index (χ0v) is 17.3. The highest BCUT2D eigenvalue weighted by atomic mass is 32.2. The minimum Gasteiger partial charge on any atom is -0.497 e. The zero-order valence-electron chi connectivity index (χ0n) is 16.5. The normalized spacial score (nSPS) is 13.3. The molecule has 0 heterocycles. The van der Waals surface area contributed by atoms with Gasteiger partial charge < -0.3 is 15.2 Å². The molecule has 146 valence electrons. The number of amides is 1. The van der Waals surface area contributed by atoms with E-state index in [-0.39, 0.29) is 12.5 Å². The van der Waals surface area contributed by atoms with Crippen molar-refractivity contribution < 1.29 is 14.6 Å². The Bertz CT molecular complexity index is 724. The lowest BCUT2D eigenvalue weighted by atomic mass is 9.96. The van der Waals surface area contributed by atoms with Crippen LogP contribution in [0.2, 0.25) is 0 Å². The van der Waals surface area contributed by atoms with Crippen molar-refractivity contribution in [1.29, 1.82) is 0 Å². The first-order valence-corrected chi connectivity index (χ1v) is 10.0. The van der Waals surface area contributed by atoms with Crippen molar-refractivity contribution in [2.24, 2.45) is 0 Å². The van der Waals surface area contributed by atoms with Gasteiger partial charge in [-0.2, -0.15) is 0 Å². The number of carbonyl (C=O) groups excluding carboxylic acids is 1. The van der Waals surface area contributed by atoms with Crippen LogP contribution in [-0.2, 0) is 17.6 Å². The van der Waals surface area contributed by atoms with Gasteiger partial charge in [-0.05, 0) is 42.3 Å². The summed E-state index contributed by atoms with van der Waals surface area (Å²) in [5.74, 6) is 0.693. The predicted octanol–water partition coefficient (Wildman–Crippen LogP) is 3.85. The highest BCUT2D eigenvalue weighted by molar-refractivity contribution is 7.99. The monoisotopic (exact) mass is 387 g/mol. The van der Waals surface area contributed by atoms with Gasteiger partial charge in [0.2, 0.25) is 5.91 Å². The largest absolute Gasteiger partial charge is 0.497 e. The molecule has 0 saturated carbocycles. The van der Waals surface area contributed by atoms with E-state index in [4.69, 9.17) is 4.74 Å². The minimum absolute atomic E-state index is 0.0886. The van der Waals surface area contributed by atoms with Crippen LogP contribution in [0, 0.1) is 0 Å². The molecular formula is C22H29NO3S. The number of ether oxygens (including phenoxy) is 1. The summed E-state index contributed by atoms with van der Waals surface area (Å²) in [6, 6.07) is 15.6. The summed E-state index contributed by atoms with van der Waals surface area (Å²) in [5.41, 5.74) is 0.950. The second-order valence-electron chi connectivity index (χ2n) is 7.29. The van der Waals surface area contributed by atoms with Gasteiger partial charge in [0, 0.05) is 23.1 Å². The van der Waals surface area contributed by atoms with Gasteiger partial charge in [0.25, 0.3) is 0 Å². The quantitative estimate of drug-likeness (QED) is 0.642. The summed E-state index contributed by atoms with van der Waals surface area (Å²) in [7, 11) is 1.62. The minimum atomic E-state index is -1.01. The Balaban J connectivity index is 1.82. The maximum absolute atomic E-state index is 12.2. The molecule has 27 heavy (non-hydrogen) atoms. The maximum Gasteiger partial charge on any atom is 0.224 e. The number of aliphatic hydroxyl groups is 1. The number of hydrogen-bond acceptors (Lipinski definition) is 4. The zero-order chi connectivity index (χ0) is 19.9. The molecule has 2 aromatic carbocycles. The number of hydrogen-bond donors (Lipinski definition) is 2. The average Bonchev–Trinajstić information content (AvgIpc) is 2.62. The molecule has 2 rings (SSSR count). The molecule has 0 radical (unpaired) electrons. The summed E-state index contributed by atoms with van der Waals surface area (Å²) in [6.45, 7) is 6.25. The van der Waals surface area contributed by atoms with Gasteiger partial charge in [-0.3, -0.25) is 4.79 Å². The number of rotatable bonds is 9.